The number of amides is 1. The van der Waals surface area contributed by atoms with Crippen LogP contribution in [0.5, 0.6) is 11.5 Å². The van der Waals surface area contributed by atoms with E-state index < -0.39 is 0 Å². The highest BCUT2D eigenvalue weighted by atomic mass is 32.2. The summed E-state index contributed by atoms with van der Waals surface area (Å²) >= 11 is 2.75. The second-order valence-corrected chi connectivity index (χ2v) is 8.01. The molecule has 10 heteroatoms. The van der Waals surface area contributed by atoms with Gasteiger partial charge in [-0.3, -0.25) is 4.79 Å². The number of rotatable bonds is 13. The third-order valence-corrected chi connectivity index (χ3v) is 5.79. The van der Waals surface area contributed by atoms with Crippen molar-refractivity contribution in [1.82, 2.24) is 19.8 Å². The van der Waals surface area contributed by atoms with Gasteiger partial charge in [-0.25, -0.2) is 4.68 Å². The van der Waals surface area contributed by atoms with Crippen molar-refractivity contribution in [2.75, 3.05) is 43.7 Å². The summed E-state index contributed by atoms with van der Waals surface area (Å²) in [5, 5.41) is 9.29. The molecule has 0 aliphatic rings. The standard InChI is InChI=1S/C19H29N5O3S2/c1-4-11-26-15-7-9-16(10-8-15)27-12-13-28-18-21-22-19(24(18)20)29-14-17(25)23(5-2)6-3/h7-10H,4-6,11-14,20H2,1-3H3. The second kappa shape index (κ2) is 12.5. The van der Waals surface area contributed by atoms with E-state index >= 15 is 0 Å². The summed E-state index contributed by atoms with van der Waals surface area (Å²) < 4.78 is 12.7. The largest absolute Gasteiger partial charge is 0.494 e. The number of aromatic nitrogens is 3. The van der Waals surface area contributed by atoms with E-state index in [9.17, 15) is 4.79 Å². The predicted octanol–water partition coefficient (Wildman–Crippen LogP) is 2.91. The SMILES string of the molecule is CCCOc1ccc(OCCSc2nnc(SCC(=O)N(CC)CC)n2N)cc1. The molecule has 0 bridgehead atoms. The number of hydrogen-bond donors (Lipinski definition) is 1. The number of nitrogens with zero attached hydrogens (tertiary/aromatic N) is 4. The lowest BCUT2D eigenvalue weighted by Gasteiger charge is -2.17. The molecule has 2 rings (SSSR count). The van der Waals surface area contributed by atoms with Gasteiger partial charge in [0.2, 0.25) is 16.2 Å². The number of carbonyl (C=O) groups excluding carboxylic acids is 1. The number of benzene rings is 1. The summed E-state index contributed by atoms with van der Waals surface area (Å²) in [7, 11) is 0. The van der Waals surface area contributed by atoms with Crippen LogP contribution in [0.15, 0.2) is 34.6 Å². The van der Waals surface area contributed by atoms with E-state index in [2.05, 4.69) is 17.1 Å². The van der Waals surface area contributed by atoms with Gasteiger partial charge in [0.1, 0.15) is 11.5 Å². The maximum atomic E-state index is 12.1. The van der Waals surface area contributed by atoms with Crippen molar-refractivity contribution in [3.05, 3.63) is 24.3 Å². The van der Waals surface area contributed by atoms with Gasteiger partial charge in [-0.15, -0.1) is 10.2 Å². The first-order valence-electron chi connectivity index (χ1n) is 9.68. The lowest BCUT2D eigenvalue weighted by molar-refractivity contribution is -0.127. The predicted molar refractivity (Wildman–Crippen MR) is 117 cm³/mol. The molecule has 160 valence electrons. The Balaban J connectivity index is 1.74. The third-order valence-electron chi connectivity index (χ3n) is 3.95. The normalized spacial score (nSPS) is 10.7. The highest BCUT2D eigenvalue weighted by Gasteiger charge is 2.15. The van der Waals surface area contributed by atoms with Crippen molar-refractivity contribution >= 4 is 29.4 Å². The minimum absolute atomic E-state index is 0.0664. The van der Waals surface area contributed by atoms with Gasteiger partial charge >= 0.3 is 0 Å². The molecule has 0 saturated carbocycles. The second-order valence-electron chi connectivity index (χ2n) is 6.01. The molecular weight excluding hydrogens is 410 g/mol. The van der Waals surface area contributed by atoms with Crippen LogP contribution in [0.1, 0.15) is 27.2 Å². The maximum absolute atomic E-state index is 12.1. The van der Waals surface area contributed by atoms with Gasteiger partial charge in [-0.1, -0.05) is 30.4 Å². The van der Waals surface area contributed by atoms with Crippen molar-refractivity contribution in [2.24, 2.45) is 0 Å². The molecule has 0 fully saturated rings. The number of thioether (sulfide) groups is 2. The van der Waals surface area contributed by atoms with E-state index in [0.717, 1.165) is 17.9 Å². The van der Waals surface area contributed by atoms with E-state index in [-0.39, 0.29) is 5.91 Å². The summed E-state index contributed by atoms with van der Waals surface area (Å²) in [4.78, 5) is 13.9. The lowest BCUT2D eigenvalue weighted by Crippen LogP contribution is -2.32. The fraction of sp³-hybridized carbons (Fsp3) is 0.526. The average Bonchev–Trinajstić information content (AvgIpc) is 3.09. The number of carbonyl (C=O) groups is 1. The summed E-state index contributed by atoms with van der Waals surface area (Å²) in [5.41, 5.74) is 0. The van der Waals surface area contributed by atoms with Gasteiger partial charge < -0.3 is 20.2 Å². The molecule has 2 aromatic rings. The lowest BCUT2D eigenvalue weighted by atomic mass is 10.3. The van der Waals surface area contributed by atoms with Crippen LogP contribution in [0.2, 0.25) is 0 Å². The van der Waals surface area contributed by atoms with Crippen molar-refractivity contribution in [2.45, 2.75) is 37.5 Å². The van der Waals surface area contributed by atoms with Gasteiger partial charge in [0.05, 0.1) is 19.0 Å². The number of nitrogens with two attached hydrogens (primary N) is 1. The van der Waals surface area contributed by atoms with Gasteiger partial charge in [0.25, 0.3) is 0 Å². The molecule has 8 nitrogen and oxygen atoms in total. The Labute approximate surface area is 180 Å². The van der Waals surface area contributed by atoms with Crippen LogP contribution in [0.4, 0.5) is 0 Å². The zero-order valence-corrected chi connectivity index (χ0v) is 18.8. The molecular formula is C19H29N5O3S2. The fourth-order valence-corrected chi connectivity index (χ4v) is 3.89. The van der Waals surface area contributed by atoms with Crippen LogP contribution < -0.4 is 15.3 Å². The molecule has 1 amide bonds. The van der Waals surface area contributed by atoms with Gasteiger partial charge in [-0.2, -0.15) is 0 Å². The molecule has 0 atom stereocenters. The van der Waals surface area contributed by atoms with Crippen LogP contribution in [-0.4, -0.2) is 63.5 Å². The zero-order chi connectivity index (χ0) is 21.1. The summed E-state index contributed by atoms with van der Waals surface area (Å²) in [6, 6.07) is 7.58. The van der Waals surface area contributed by atoms with Crippen LogP contribution in [-0.2, 0) is 4.79 Å². The van der Waals surface area contributed by atoms with Gasteiger partial charge in [0.15, 0.2) is 0 Å². The average molecular weight is 440 g/mol. The minimum atomic E-state index is 0.0664. The molecule has 0 spiro atoms. The Morgan fingerprint density at radius 1 is 1.00 bits per heavy atom. The molecule has 1 aromatic carbocycles. The van der Waals surface area contributed by atoms with Crippen molar-refractivity contribution in [3.63, 3.8) is 0 Å². The third kappa shape index (κ3) is 7.36. The van der Waals surface area contributed by atoms with Crippen LogP contribution >= 0.6 is 23.5 Å². The highest BCUT2D eigenvalue weighted by molar-refractivity contribution is 8.00. The fourth-order valence-electron chi connectivity index (χ4n) is 2.40. The maximum Gasteiger partial charge on any atom is 0.233 e. The van der Waals surface area contributed by atoms with Crippen LogP contribution in [0, 0.1) is 0 Å². The number of nitrogen functional groups attached to an aromatic ring is 1. The van der Waals surface area contributed by atoms with E-state index in [0.29, 0.717) is 48.1 Å². The molecule has 1 aromatic heterocycles. The van der Waals surface area contributed by atoms with E-state index in [4.69, 9.17) is 15.3 Å². The minimum Gasteiger partial charge on any atom is -0.494 e. The Morgan fingerprint density at radius 2 is 1.55 bits per heavy atom. The quantitative estimate of drug-likeness (QED) is 0.289. The smallest absolute Gasteiger partial charge is 0.233 e. The first-order valence-corrected chi connectivity index (χ1v) is 11.7. The highest BCUT2D eigenvalue weighted by Crippen LogP contribution is 2.22. The van der Waals surface area contributed by atoms with Crippen molar-refractivity contribution in [1.29, 1.82) is 0 Å². The number of ether oxygens (including phenoxy) is 2. The van der Waals surface area contributed by atoms with Crippen LogP contribution in [0.25, 0.3) is 0 Å². The number of hydrogen-bond acceptors (Lipinski definition) is 8. The summed E-state index contributed by atoms with van der Waals surface area (Å²) in [5.74, 6) is 8.71. The monoisotopic (exact) mass is 439 g/mol. The Morgan fingerprint density at radius 3 is 2.10 bits per heavy atom. The molecule has 0 aliphatic heterocycles. The summed E-state index contributed by atoms with van der Waals surface area (Å²) in [6.45, 7) is 8.61. The molecule has 29 heavy (non-hydrogen) atoms. The van der Waals surface area contributed by atoms with E-state index in [1.807, 2.05) is 38.1 Å². The van der Waals surface area contributed by atoms with Gasteiger partial charge in [0, 0.05) is 18.8 Å². The van der Waals surface area contributed by atoms with E-state index in [1.54, 1.807) is 4.90 Å². The van der Waals surface area contributed by atoms with E-state index in [1.165, 1.54) is 28.2 Å². The first kappa shape index (κ1) is 23.2. The molecule has 0 radical (unpaired) electrons. The zero-order valence-electron chi connectivity index (χ0n) is 17.2. The molecule has 0 aliphatic carbocycles. The summed E-state index contributed by atoms with van der Waals surface area (Å²) in [6.07, 6.45) is 0.980. The van der Waals surface area contributed by atoms with Gasteiger partial charge in [-0.05, 0) is 44.5 Å². The molecule has 1 heterocycles. The topological polar surface area (TPSA) is 95.5 Å². The Bertz CT molecular complexity index is 751. The Kier molecular flexibility index (Phi) is 9.99. The Hall–Kier alpha value is -2.07. The molecule has 0 unspecified atom stereocenters. The molecule has 0 saturated heterocycles. The first-order chi connectivity index (χ1) is 14.1. The van der Waals surface area contributed by atoms with Crippen molar-refractivity contribution < 1.29 is 14.3 Å². The molecule has 2 N–H and O–H groups in total. The van der Waals surface area contributed by atoms with Crippen molar-refractivity contribution in [3.8, 4) is 11.5 Å². The van der Waals surface area contributed by atoms with Crippen LogP contribution in [0.3, 0.4) is 0 Å².